The Kier molecular flexibility index (Phi) is 8.84. The number of pyridine rings is 1. The molecule has 2 heterocycles. The van der Waals surface area contributed by atoms with Crippen molar-refractivity contribution in [3.63, 3.8) is 0 Å². The first-order valence-electron chi connectivity index (χ1n) is 14.0. The van der Waals surface area contributed by atoms with Gasteiger partial charge in [0.15, 0.2) is 12.0 Å². The second-order valence-corrected chi connectivity index (χ2v) is 12.9. The number of carbonyl (C=O) groups is 2. The average Bonchev–Trinajstić information content (AvgIpc) is 3.63. The van der Waals surface area contributed by atoms with Crippen LogP contribution < -0.4 is 4.72 Å². The lowest BCUT2D eigenvalue weighted by Crippen LogP contribution is -2.20. The maximum atomic E-state index is 15.6. The molecule has 43 heavy (non-hydrogen) atoms. The van der Waals surface area contributed by atoms with Crippen LogP contribution in [0.1, 0.15) is 68.1 Å². The van der Waals surface area contributed by atoms with Gasteiger partial charge in [-0.1, -0.05) is 43.5 Å². The third kappa shape index (κ3) is 6.42. The largest absolute Gasteiger partial charge is 0.441 e. The number of esters is 1. The van der Waals surface area contributed by atoms with Gasteiger partial charge < -0.3 is 4.74 Å². The van der Waals surface area contributed by atoms with Gasteiger partial charge in [-0.2, -0.15) is 0 Å². The Morgan fingerprint density at radius 3 is 2.49 bits per heavy atom. The Bertz CT molecular complexity index is 1800. The normalized spacial score (nSPS) is 14.6. The fraction of sp³-hybridized carbons (Fsp3) is 0.323. The van der Waals surface area contributed by atoms with Gasteiger partial charge in [0, 0.05) is 28.4 Å². The van der Waals surface area contributed by atoms with Crippen molar-refractivity contribution in [1.82, 2.24) is 9.55 Å². The first-order chi connectivity index (χ1) is 20.5. The maximum Gasteiger partial charge on any atom is 0.310 e. The molecule has 1 N–H and O–H groups in total. The van der Waals surface area contributed by atoms with Crippen LogP contribution in [0.15, 0.2) is 54.9 Å². The molecule has 8 nitrogen and oxygen atoms in total. The van der Waals surface area contributed by atoms with Crippen molar-refractivity contribution in [3.8, 4) is 11.1 Å². The molecular formula is C31H30ClF2N3O5S. The molecule has 4 aromatic rings. The summed E-state index contributed by atoms with van der Waals surface area (Å²) in [7, 11) is -3.92. The van der Waals surface area contributed by atoms with Crippen molar-refractivity contribution in [2.45, 2.75) is 52.2 Å². The molecule has 1 fully saturated rings. The number of nitrogens with one attached hydrogen (secondary N) is 1. The molecule has 226 valence electrons. The highest BCUT2D eigenvalue weighted by Gasteiger charge is 2.30. The zero-order valence-electron chi connectivity index (χ0n) is 23.6. The molecule has 0 radical (unpaired) electrons. The number of aromatic nitrogens is 2. The molecule has 1 unspecified atom stereocenters. The Balaban J connectivity index is 1.61. The molecule has 0 spiro atoms. The number of carbonyl (C=O) groups excluding carboxylic acids is 2. The zero-order valence-corrected chi connectivity index (χ0v) is 25.1. The predicted octanol–water partition coefficient (Wildman–Crippen LogP) is 7.27. The number of hydrogen-bond acceptors (Lipinski definition) is 6. The monoisotopic (exact) mass is 629 g/mol. The minimum Gasteiger partial charge on any atom is -0.441 e. The number of halogens is 3. The Morgan fingerprint density at radius 1 is 1.12 bits per heavy atom. The summed E-state index contributed by atoms with van der Waals surface area (Å²) in [4.78, 5) is 31.2. The summed E-state index contributed by atoms with van der Waals surface area (Å²) in [6.45, 7) is 3.27. The maximum absolute atomic E-state index is 15.6. The van der Waals surface area contributed by atoms with Crippen LogP contribution in [0.5, 0.6) is 0 Å². The van der Waals surface area contributed by atoms with Gasteiger partial charge >= 0.3 is 5.97 Å². The Labute approximate surface area is 253 Å². The van der Waals surface area contributed by atoms with E-state index in [0.717, 1.165) is 43.4 Å². The molecule has 12 heteroatoms. The van der Waals surface area contributed by atoms with Crippen molar-refractivity contribution in [2.75, 3.05) is 10.5 Å². The number of ketones is 1. The highest BCUT2D eigenvalue weighted by atomic mass is 35.5. The third-order valence-corrected chi connectivity index (χ3v) is 9.24. The minimum atomic E-state index is -3.92. The van der Waals surface area contributed by atoms with Gasteiger partial charge in [0.25, 0.3) is 0 Å². The molecule has 0 bridgehead atoms. The predicted molar refractivity (Wildman–Crippen MR) is 160 cm³/mol. The smallest absolute Gasteiger partial charge is 0.310 e. The summed E-state index contributed by atoms with van der Waals surface area (Å²) < 4.78 is 64.6. The zero-order chi connectivity index (χ0) is 30.9. The number of anilines is 1. The number of benzene rings is 2. The van der Waals surface area contributed by atoms with E-state index in [4.69, 9.17) is 16.3 Å². The summed E-state index contributed by atoms with van der Waals surface area (Å²) in [5, 5.41) is 0.787. The van der Waals surface area contributed by atoms with Gasteiger partial charge in [-0.15, -0.1) is 0 Å². The minimum absolute atomic E-state index is 0.103. The van der Waals surface area contributed by atoms with Crippen LogP contribution >= 0.6 is 11.6 Å². The number of nitrogens with zero attached hydrogens (tertiary/aromatic N) is 2. The van der Waals surface area contributed by atoms with E-state index < -0.39 is 44.9 Å². The van der Waals surface area contributed by atoms with Crippen LogP contribution in [-0.2, 0) is 19.6 Å². The van der Waals surface area contributed by atoms with E-state index >= 15 is 8.78 Å². The first-order valence-corrected chi connectivity index (χ1v) is 16.0. The van der Waals surface area contributed by atoms with Gasteiger partial charge in [0.05, 0.1) is 28.5 Å². The standard InChI is InChI=1S/C31H30ClF2N3O5S/c1-3-14-43(40,41)36-26-13-12-25(33)27(28(26)34)29(38)24-17-37(18(2)42-31(39)20-6-4-5-7-20)30-23(24)15-21(16-35-30)19-8-10-22(32)11-9-19/h8-13,15-18,20,36H,3-7,14H2,1-2H3. The van der Waals surface area contributed by atoms with Gasteiger partial charge in [0.2, 0.25) is 15.8 Å². The average molecular weight is 630 g/mol. The summed E-state index contributed by atoms with van der Waals surface area (Å²) in [5.74, 6) is -4.38. The van der Waals surface area contributed by atoms with Crippen molar-refractivity contribution < 1.29 is 31.5 Å². The molecule has 1 saturated carbocycles. The fourth-order valence-electron chi connectivity index (χ4n) is 5.33. The number of fused-ring (bicyclic) bond motifs is 1. The molecule has 0 saturated heterocycles. The van der Waals surface area contributed by atoms with E-state index in [9.17, 15) is 18.0 Å². The molecule has 5 rings (SSSR count). The molecule has 2 aromatic carbocycles. The van der Waals surface area contributed by atoms with Crippen LogP contribution in [0.2, 0.25) is 5.02 Å². The van der Waals surface area contributed by atoms with E-state index in [2.05, 4.69) is 9.71 Å². The van der Waals surface area contributed by atoms with Crippen LogP contribution in [0.3, 0.4) is 0 Å². The van der Waals surface area contributed by atoms with Gasteiger partial charge in [-0.05, 0) is 62.1 Å². The van der Waals surface area contributed by atoms with Crippen molar-refractivity contribution >= 4 is 50.1 Å². The van der Waals surface area contributed by atoms with E-state index in [1.54, 1.807) is 50.4 Å². The van der Waals surface area contributed by atoms with Gasteiger partial charge in [-0.3, -0.25) is 18.9 Å². The number of sulfonamides is 1. The molecule has 0 amide bonds. The highest BCUT2D eigenvalue weighted by molar-refractivity contribution is 7.92. The second-order valence-electron chi connectivity index (χ2n) is 10.6. The first kappa shape index (κ1) is 30.6. The van der Waals surface area contributed by atoms with E-state index in [1.807, 2.05) is 0 Å². The van der Waals surface area contributed by atoms with Crippen molar-refractivity contribution in [3.05, 3.63) is 82.6 Å². The molecular weight excluding hydrogens is 600 g/mol. The lowest BCUT2D eigenvalue weighted by molar-refractivity contribution is -0.157. The second kappa shape index (κ2) is 12.4. The van der Waals surface area contributed by atoms with Crippen LogP contribution in [0.25, 0.3) is 22.2 Å². The molecule has 0 aliphatic heterocycles. The van der Waals surface area contributed by atoms with Crippen molar-refractivity contribution in [2.24, 2.45) is 5.92 Å². The van der Waals surface area contributed by atoms with Crippen molar-refractivity contribution in [1.29, 1.82) is 0 Å². The quantitative estimate of drug-likeness (QED) is 0.146. The molecule has 2 aromatic heterocycles. The number of rotatable bonds is 10. The summed E-state index contributed by atoms with van der Waals surface area (Å²) in [6.07, 6.45) is 5.68. The fourth-order valence-corrected chi connectivity index (χ4v) is 6.59. The third-order valence-electron chi connectivity index (χ3n) is 7.52. The lowest BCUT2D eigenvalue weighted by atomic mass is 10.00. The topological polar surface area (TPSA) is 107 Å². The Morgan fingerprint density at radius 2 is 1.81 bits per heavy atom. The number of ether oxygens (including phenoxy) is 1. The summed E-state index contributed by atoms with van der Waals surface area (Å²) in [6, 6.07) is 10.3. The van der Waals surface area contributed by atoms with Gasteiger partial charge in [-0.25, -0.2) is 22.2 Å². The summed E-state index contributed by atoms with van der Waals surface area (Å²) in [5.41, 5.74) is 0.0230. The molecule has 1 atom stereocenters. The van der Waals surface area contributed by atoms with Crippen LogP contribution in [0, 0.1) is 17.6 Å². The van der Waals surface area contributed by atoms with Gasteiger partial charge in [0.1, 0.15) is 11.5 Å². The van der Waals surface area contributed by atoms with Crippen LogP contribution in [-0.4, -0.2) is 35.5 Å². The molecule has 1 aliphatic rings. The Hall–Kier alpha value is -3.83. The van der Waals surface area contributed by atoms with E-state index in [1.165, 1.54) is 10.8 Å². The lowest BCUT2D eigenvalue weighted by Gasteiger charge is -2.18. The van der Waals surface area contributed by atoms with E-state index in [0.29, 0.717) is 10.6 Å². The van der Waals surface area contributed by atoms with E-state index in [-0.39, 0.29) is 40.7 Å². The number of hydrogen-bond donors (Lipinski definition) is 1. The SMILES string of the molecule is CCCS(=O)(=O)Nc1ccc(F)c(C(=O)c2cn(C(C)OC(=O)C3CCCC3)c3ncc(-c4ccc(Cl)cc4)cc23)c1F. The molecule has 1 aliphatic carbocycles. The summed E-state index contributed by atoms with van der Waals surface area (Å²) >= 11 is 6.04. The highest BCUT2D eigenvalue weighted by Crippen LogP contribution is 2.34. The van der Waals surface area contributed by atoms with Crippen LogP contribution in [0.4, 0.5) is 14.5 Å².